The minimum atomic E-state index is -3.85. The summed E-state index contributed by atoms with van der Waals surface area (Å²) in [5.74, 6) is -0.998. The Morgan fingerprint density at radius 2 is 2.04 bits per heavy atom. The lowest BCUT2D eigenvalue weighted by Crippen LogP contribution is -2.24. The zero-order chi connectivity index (χ0) is 17.6. The first kappa shape index (κ1) is 17.2. The Morgan fingerprint density at radius 1 is 1.33 bits per heavy atom. The zero-order valence-corrected chi connectivity index (χ0v) is 14.6. The maximum absolute atomic E-state index is 13.9. The third kappa shape index (κ3) is 2.68. The highest BCUT2D eigenvalue weighted by molar-refractivity contribution is 14.1. The van der Waals surface area contributed by atoms with Crippen molar-refractivity contribution in [2.24, 2.45) is 0 Å². The number of aliphatic hydroxyl groups is 1. The molecule has 0 spiro atoms. The highest BCUT2D eigenvalue weighted by atomic mass is 127. The van der Waals surface area contributed by atoms with Gasteiger partial charge in [0.1, 0.15) is 28.1 Å². The third-order valence-electron chi connectivity index (χ3n) is 3.36. The number of halogens is 4. The summed E-state index contributed by atoms with van der Waals surface area (Å²) in [5.41, 5.74) is -0.311. The van der Waals surface area contributed by atoms with E-state index in [1.54, 1.807) is 28.7 Å². The van der Waals surface area contributed by atoms with Gasteiger partial charge in [0.25, 0.3) is 0 Å². The van der Waals surface area contributed by atoms with E-state index >= 15 is 0 Å². The van der Waals surface area contributed by atoms with Gasteiger partial charge in [-0.3, -0.25) is 0 Å². The maximum Gasteiger partial charge on any atom is 0.354 e. The second-order valence-electron chi connectivity index (χ2n) is 4.91. The van der Waals surface area contributed by atoms with Crippen LogP contribution in [-0.4, -0.2) is 14.6 Å². The van der Waals surface area contributed by atoms with E-state index in [0.717, 1.165) is 12.1 Å². The fourth-order valence-corrected chi connectivity index (χ4v) is 4.63. The first-order valence-corrected chi connectivity index (χ1v) is 8.67. The van der Waals surface area contributed by atoms with Crippen molar-refractivity contribution in [1.29, 1.82) is 5.26 Å². The molecule has 124 valence electrons. The van der Waals surface area contributed by atoms with Crippen LogP contribution >= 0.6 is 22.6 Å². The average Bonchev–Trinajstić information content (AvgIpc) is 2.71. The maximum atomic E-state index is 13.9. The molecule has 2 atom stereocenters. The first-order valence-electron chi connectivity index (χ1n) is 6.44. The summed E-state index contributed by atoms with van der Waals surface area (Å²) in [7, 11) is -2.73. The van der Waals surface area contributed by atoms with Crippen LogP contribution in [0.3, 0.4) is 0 Å². The second kappa shape index (κ2) is 6.02. The second-order valence-corrected chi connectivity index (χ2v) is 7.56. The predicted molar refractivity (Wildman–Crippen MR) is 86.7 cm³/mol. The van der Waals surface area contributed by atoms with Crippen LogP contribution in [-0.2, 0) is 10.8 Å². The zero-order valence-electron chi connectivity index (χ0n) is 11.6. The quantitative estimate of drug-likeness (QED) is 0.685. The number of nitrogens with zero attached hydrogens (tertiary/aromatic N) is 1. The summed E-state index contributed by atoms with van der Waals surface area (Å²) in [4.78, 5) is -0.206. The van der Waals surface area contributed by atoms with Crippen molar-refractivity contribution in [2.45, 2.75) is 16.3 Å². The highest BCUT2D eigenvalue weighted by Crippen LogP contribution is 2.52. The van der Waals surface area contributed by atoms with Gasteiger partial charge < -0.3 is 9.84 Å². The third-order valence-corrected chi connectivity index (χ3v) is 6.15. The molecule has 2 aromatic rings. The molecule has 0 bridgehead atoms. The van der Waals surface area contributed by atoms with Crippen LogP contribution in [0.25, 0.3) is 0 Å². The number of nitriles is 1. The van der Waals surface area contributed by atoms with Crippen molar-refractivity contribution in [3.63, 3.8) is 0 Å². The van der Waals surface area contributed by atoms with Crippen LogP contribution in [0.5, 0.6) is 11.5 Å². The molecule has 9 heteroatoms. The van der Waals surface area contributed by atoms with E-state index in [4.69, 9.17) is 10.00 Å². The molecule has 0 saturated carbocycles. The standard InChI is InChI=1S/C15H7F3INO3S/c16-8-3-7(6-20)4-9(5-8)23-11-2-1-10(19)13-12(11)14(21)15(17,18)24(13)22/h1-5,14,21H. The van der Waals surface area contributed by atoms with Crippen molar-refractivity contribution >= 4 is 33.4 Å². The molecule has 0 saturated heterocycles. The monoisotopic (exact) mass is 465 g/mol. The Balaban J connectivity index is 2.12. The van der Waals surface area contributed by atoms with Crippen LogP contribution < -0.4 is 4.74 Å². The molecule has 1 N–H and O–H groups in total. The van der Waals surface area contributed by atoms with Gasteiger partial charge in [-0.15, -0.1) is 0 Å². The summed E-state index contributed by atoms with van der Waals surface area (Å²) in [5, 5.41) is 14.9. The van der Waals surface area contributed by atoms with Gasteiger partial charge in [0.05, 0.1) is 16.5 Å². The molecule has 0 fully saturated rings. The normalized spacial score (nSPS) is 21.2. The van der Waals surface area contributed by atoms with Crippen molar-refractivity contribution < 1.29 is 27.2 Å². The van der Waals surface area contributed by atoms with E-state index in [1.807, 2.05) is 0 Å². The van der Waals surface area contributed by atoms with Gasteiger partial charge in [0.2, 0.25) is 0 Å². The average molecular weight is 465 g/mol. The number of fused-ring (bicyclic) bond motifs is 1. The molecule has 2 aromatic carbocycles. The SMILES string of the molecule is N#Cc1cc(F)cc(Oc2ccc(I)c3c2C(O)C(F)(F)S3=O)c1. The van der Waals surface area contributed by atoms with Crippen molar-refractivity contribution in [1.82, 2.24) is 0 Å². The van der Waals surface area contributed by atoms with E-state index in [-0.39, 0.29) is 27.5 Å². The lowest BCUT2D eigenvalue weighted by Gasteiger charge is -2.15. The minimum Gasteiger partial charge on any atom is -0.457 e. The Labute approximate surface area is 150 Å². The molecule has 24 heavy (non-hydrogen) atoms. The Morgan fingerprint density at radius 3 is 2.71 bits per heavy atom. The first-order chi connectivity index (χ1) is 11.3. The summed E-state index contributed by atoms with van der Waals surface area (Å²) in [6, 6.07) is 7.66. The van der Waals surface area contributed by atoms with E-state index in [0.29, 0.717) is 3.57 Å². The molecular weight excluding hydrogens is 458 g/mol. The van der Waals surface area contributed by atoms with Crippen LogP contribution in [0.4, 0.5) is 13.2 Å². The molecule has 1 heterocycles. The topological polar surface area (TPSA) is 70.3 Å². The number of benzene rings is 2. The van der Waals surface area contributed by atoms with Gasteiger partial charge in [-0.05, 0) is 46.9 Å². The van der Waals surface area contributed by atoms with Crippen LogP contribution in [0, 0.1) is 20.7 Å². The lowest BCUT2D eigenvalue weighted by molar-refractivity contribution is -0.0352. The molecule has 4 nitrogen and oxygen atoms in total. The Hall–Kier alpha value is -1.64. The molecule has 2 unspecified atom stereocenters. The highest BCUT2D eigenvalue weighted by Gasteiger charge is 2.56. The summed E-state index contributed by atoms with van der Waals surface area (Å²) >= 11 is 1.74. The van der Waals surface area contributed by atoms with Gasteiger partial charge in [0, 0.05) is 15.2 Å². The Bertz CT molecular complexity index is 914. The summed E-state index contributed by atoms with van der Waals surface area (Å²) < 4.78 is 58.9. The number of aliphatic hydroxyl groups excluding tert-OH is 1. The summed E-state index contributed by atoms with van der Waals surface area (Å²) in [6.07, 6.45) is -2.30. The van der Waals surface area contributed by atoms with Gasteiger partial charge in [-0.1, -0.05) is 0 Å². The van der Waals surface area contributed by atoms with Crippen LogP contribution in [0.15, 0.2) is 35.2 Å². The van der Waals surface area contributed by atoms with E-state index in [1.165, 1.54) is 18.2 Å². The fourth-order valence-electron chi connectivity index (χ4n) is 2.31. The van der Waals surface area contributed by atoms with Crippen molar-refractivity contribution in [2.75, 3.05) is 0 Å². The van der Waals surface area contributed by atoms with E-state index in [2.05, 4.69) is 0 Å². The number of ether oxygens (including phenoxy) is 1. The fraction of sp³-hybridized carbons (Fsp3) is 0.133. The largest absolute Gasteiger partial charge is 0.457 e. The molecule has 0 amide bonds. The molecular formula is C15H7F3INO3S. The van der Waals surface area contributed by atoms with Crippen LogP contribution in [0.2, 0.25) is 0 Å². The lowest BCUT2D eigenvalue weighted by atomic mass is 10.1. The number of hydrogen-bond acceptors (Lipinski definition) is 4. The number of alkyl halides is 2. The molecule has 0 aromatic heterocycles. The molecule has 1 aliphatic heterocycles. The summed E-state index contributed by atoms with van der Waals surface area (Å²) in [6.45, 7) is 0. The molecule has 3 rings (SSSR count). The van der Waals surface area contributed by atoms with Gasteiger partial charge in [0.15, 0.2) is 6.10 Å². The van der Waals surface area contributed by atoms with E-state index in [9.17, 15) is 22.5 Å². The Kier molecular flexibility index (Phi) is 4.31. The van der Waals surface area contributed by atoms with Gasteiger partial charge in [-0.2, -0.15) is 14.0 Å². The predicted octanol–water partition coefficient (Wildman–Crippen LogP) is 3.84. The minimum absolute atomic E-state index is 0.0124. The van der Waals surface area contributed by atoms with E-state index < -0.39 is 28.0 Å². The molecule has 1 aliphatic rings. The van der Waals surface area contributed by atoms with Crippen molar-refractivity contribution in [3.8, 4) is 17.6 Å². The van der Waals surface area contributed by atoms with Gasteiger partial charge >= 0.3 is 5.25 Å². The number of rotatable bonds is 2. The van der Waals surface area contributed by atoms with Crippen LogP contribution in [0.1, 0.15) is 17.2 Å². The van der Waals surface area contributed by atoms with Crippen molar-refractivity contribution in [3.05, 3.63) is 50.8 Å². The molecule has 0 aliphatic carbocycles. The van der Waals surface area contributed by atoms with Gasteiger partial charge in [-0.25, -0.2) is 8.60 Å². The number of hydrogen-bond donors (Lipinski definition) is 1. The molecule has 0 radical (unpaired) electrons. The smallest absolute Gasteiger partial charge is 0.354 e.